The van der Waals surface area contributed by atoms with Crippen molar-refractivity contribution in [3.63, 3.8) is 0 Å². The number of H-pyrrole nitrogens is 1. The average molecular weight is 399 g/mol. The van der Waals surface area contributed by atoms with Crippen molar-refractivity contribution in [1.29, 1.82) is 0 Å². The maximum absolute atomic E-state index is 11.5. The Hall–Kier alpha value is -2.36. The van der Waals surface area contributed by atoms with Crippen LogP contribution in [0.5, 0.6) is 0 Å². The van der Waals surface area contributed by atoms with Gasteiger partial charge in [-0.1, -0.05) is 23.2 Å². The van der Waals surface area contributed by atoms with Gasteiger partial charge in [0.15, 0.2) is 14.9 Å². The number of aromatic amines is 1. The first-order valence-corrected chi connectivity index (χ1v) is 9.49. The van der Waals surface area contributed by atoms with Crippen LogP contribution >= 0.6 is 23.2 Å². The monoisotopic (exact) mass is 398 g/mol. The molecule has 8 nitrogen and oxygen atoms in total. The Labute approximate surface area is 153 Å². The summed E-state index contributed by atoms with van der Waals surface area (Å²) in [7, 11) is -3.38. The van der Waals surface area contributed by atoms with Crippen molar-refractivity contribution in [2.24, 2.45) is 0 Å². The maximum Gasteiger partial charge on any atom is 0.248 e. The summed E-state index contributed by atoms with van der Waals surface area (Å²) in [6.07, 6.45) is 2.50. The van der Waals surface area contributed by atoms with E-state index in [1.54, 1.807) is 18.2 Å². The van der Waals surface area contributed by atoms with Crippen molar-refractivity contribution in [1.82, 2.24) is 20.2 Å². The van der Waals surface area contributed by atoms with Gasteiger partial charge in [0.25, 0.3) is 0 Å². The van der Waals surface area contributed by atoms with Crippen LogP contribution in [0.3, 0.4) is 0 Å². The lowest BCUT2D eigenvalue weighted by Gasteiger charge is -2.11. The van der Waals surface area contributed by atoms with E-state index in [-0.39, 0.29) is 16.9 Å². The lowest BCUT2D eigenvalue weighted by Crippen LogP contribution is -2.00. The first-order valence-electron chi connectivity index (χ1n) is 6.84. The number of nitrogen functional groups attached to an aromatic ring is 1. The molecule has 0 aliphatic carbocycles. The smallest absolute Gasteiger partial charge is 0.248 e. The zero-order valence-electron chi connectivity index (χ0n) is 12.8. The van der Waals surface area contributed by atoms with E-state index in [1.165, 1.54) is 12.3 Å². The lowest BCUT2D eigenvalue weighted by molar-refractivity contribution is 0.598. The number of hydrogen-bond acceptors (Lipinski definition) is 7. The summed E-state index contributed by atoms with van der Waals surface area (Å²) in [6.45, 7) is 0. The second-order valence-electron chi connectivity index (χ2n) is 5.14. The summed E-state index contributed by atoms with van der Waals surface area (Å²) >= 11 is 12.7. The number of hydrogen-bond donors (Lipinski definition) is 3. The highest BCUT2D eigenvalue weighted by Crippen LogP contribution is 2.37. The molecule has 25 heavy (non-hydrogen) atoms. The molecule has 0 fully saturated rings. The highest BCUT2D eigenvalue weighted by atomic mass is 35.5. The van der Waals surface area contributed by atoms with E-state index in [4.69, 9.17) is 28.9 Å². The first kappa shape index (κ1) is 17.5. The molecule has 0 aliphatic rings. The van der Waals surface area contributed by atoms with Gasteiger partial charge in [0.2, 0.25) is 11.9 Å². The molecule has 0 amide bonds. The molecule has 0 atom stereocenters. The average Bonchev–Trinajstić information content (AvgIpc) is 2.91. The maximum atomic E-state index is 11.5. The molecule has 2 heterocycles. The zero-order chi connectivity index (χ0) is 18.2. The van der Waals surface area contributed by atoms with Crippen molar-refractivity contribution >= 4 is 50.6 Å². The van der Waals surface area contributed by atoms with E-state index >= 15 is 0 Å². The number of benzene rings is 1. The SMILES string of the molecule is CS(=O)(=O)c1ccc(-c2c(Cl)cc(Nc3n[nH]c(N)n3)cc2Cl)cn1. The van der Waals surface area contributed by atoms with Crippen molar-refractivity contribution in [2.45, 2.75) is 5.03 Å². The topological polar surface area (TPSA) is 127 Å². The van der Waals surface area contributed by atoms with Crippen LogP contribution in [0.4, 0.5) is 17.6 Å². The molecule has 1 aromatic carbocycles. The zero-order valence-corrected chi connectivity index (χ0v) is 15.1. The Kier molecular flexibility index (Phi) is 4.55. The van der Waals surface area contributed by atoms with E-state index in [0.29, 0.717) is 26.9 Å². The van der Waals surface area contributed by atoms with Gasteiger partial charge in [-0.05, 0) is 24.3 Å². The van der Waals surface area contributed by atoms with Crippen molar-refractivity contribution in [3.8, 4) is 11.1 Å². The molecular formula is C14H12Cl2N6O2S. The fourth-order valence-corrected chi connectivity index (χ4v) is 3.39. The Morgan fingerprint density at radius 2 is 1.88 bits per heavy atom. The normalized spacial score (nSPS) is 11.5. The quantitative estimate of drug-likeness (QED) is 0.616. The van der Waals surface area contributed by atoms with Crippen LogP contribution in [0.2, 0.25) is 10.0 Å². The molecule has 0 spiro atoms. The third kappa shape index (κ3) is 3.84. The molecule has 3 rings (SSSR count). The summed E-state index contributed by atoms with van der Waals surface area (Å²) in [5.74, 6) is 0.449. The molecule has 0 bridgehead atoms. The van der Waals surface area contributed by atoms with Crippen molar-refractivity contribution < 1.29 is 8.42 Å². The number of anilines is 3. The molecule has 0 saturated heterocycles. The Balaban J connectivity index is 1.95. The van der Waals surface area contributed by atoms with Gasteiger partial charge in [-0.15, -0.1) is 5.10 Å². The fraction of sp³-hybridized carbons (Fsp3) is 0.0714. The van der Waals surface area contributed by atoms with E-state index < -0.39 is 9.84 Å². The number of pyridine rings is 1. The standard InChI is InChI=1S/C14H12Cl2N6O2S/c1-25(23,24)11-3-2-7(6-18-11)12-9(15)4-8(5-10(12)16)19-14-20-13(17)21-22-14/h2-6H,1H3,(H4,17,19,20,21,22). The molecule has 0 saturated carbocycles. The van der Waals surface area contributed by atoms with Crippen LogP contribution < -0.4 is 11.1 Å². The second kappa shape index (κ2) is 6.51. The number of halogens is 2. The summed E-state index contributed by atoms with van der Waals surface area (Å²) < 4.78 is 23.0. The largest absolute Gasteiger partial charge is 0.368 e. The van der Waals surface area contributed by atoms with Gasteiger partial charge in [0.05, 0.1) is 10.0 Å². The third-order valence-corrected chi connectivity index (χ3v) is 4.80. The molecule has 130 valence electrons. The molecule has 4 N–H and O–H groups in total. The van der Waals surface area contributed by atoms with Crippen molar-refractivity contribution in [3.05, 3.63) is 40.5 Å². The Morgan fingerprint density at radius 3 is 2.36 bits per heavy atom. The molecule has 11 heteroatoms. The van der Waals surface area contributed by atoms with E-state index in [9.17, 15) is 8.42 Å². The predicted octanol–water partition coefficient (Wildman–Crippen LogP) is 2.90. The summed E-state index contributed by atoms with van der Waals surface area (Å²) in [5, 5.41) is 9.96. The minimum absolute atomic E-state index is 0.0241. The third-order valence-electron chi connectivity index (χ3n) is 3.21. The van der Waals surface area contributed by atoms with Gasteiger partial charge in [-0.2, -0.15) is 4.98 Å². The van der Waals surface area contributed by atoms with Gasteiger partial charge in [-0.3, -0.25) is 0 Å². The van der Waals surface area contributed by atoms with E-state index in [1.807, 2.05) is 0 Å². The number of nitrogens with one attached hydrogen (secondary N) is 2. The van der Waals surface area contributed by atoms with Gasteiger partial charge in [-0.25, -0.2) is 18.5 Å². The Bertz CT molecular complexity index is 1010. The van der Waals surface area contributed by atoms with Gasteiger partial charge >= 0.3 is 0 Å². The van der Waals surface area contributed by atoms with Gasteiger partial charge in [0.1, 0.15) is 0 Å². The summed E-state index contributed by atoms with van der Waals surface area (Å²) in [6, 6.07) is 6.28. The van der Waals surface area contributed by atoms with Crippen LogP contribution in [0, 0.1) is 0 Å². The van der Waals surface area contributed by atoms with Gasteiger partial charge in [0, 0.05) is 29.3 Å². The van der Waals surface area contributed by atoms with Crippen LogP contribution in [-0.2, 0) is 9.84 Å². The molecule has 2 aromatic heterocycles. The van der Waals surface area contributed by atoms with Crippen molar-refractivity contribution in [2.75, 3.05) is 17.3 Å². The molecule has 3 aromatic rings. The van der Waals surface area contributed by atoms with Crippen LogP contribution in [0.15, 0.2) is 35.5 Å². The summed E-state index contributed by atoms with van der Waals surface area (Å²) in [5.41, 5.74) is 7.16. The Morgan fingerprint density at radius 1 is 1.20 bits per heavy atom. The predicted molar refractivity (Wildman–Crippen MR) is 96.9 cm³/mol. The van der Waals surface area contributed by atoms with Crippen LogP contribution in [0.1, 0.15) is 0 Å². The minimum atomic E-state index is -3.38. The number of nitrogens with two attached hydrogens (primary N) is 1. The highest BCUT2D eigenvalue weighted by Gasteiger charge is 2.14. The summed E-state index contributed by atoms with van der Waals surface area (Å²) in [4.78, 5) is 7.87. The molecule has 0 radical (unpaired) electrons. The lowest BCUT2D eigenvalue weighted by atomic mass is 10.1. The number of sulfone groups is 1. The van der Waals surface area contributed by atoms with E-state index in [2.05, 4.69) is 25.5 Å². The van der Waals surface area contributed by atoms with Gasteiger partial charge < -0.3 is 11.1 Å². The number of nitrogens with zero attached hydrogens (tertiary/aromatic N) is 3. The molecule has 0 unspecified atom stereocenters. The second-order valence-corrected chi connectivity index (χ2v) is 7.92. The minimum Gasteiger partial charge on any atom is -0.368 e. The van der Waals surface area contributed by atoms with Crippen LogP contribution in [-0.4, -0.2) is 34.8 Å². The van der Waals surface area contributed by atoms with E-state index in [0.717, 1.165) is 6.26 Å². The molecular weight excluding hydrogens is 387 g/mol. The first-order chi connectivity index (χ1) is 11.7. The fourth-order valence-electron chi connectivity index (χ4n) is 2.13. The molecule has 0 aliphatic heterocycles. The number of rotatable bonds is 4. The highest BCUT2D eigenvalue weighted by molar-refractivity contribution is 7.90. The number of aromatic nitrogens is 4. The van der Waals surface area contributed by atoms with Crippen LogP contribution in [0.25, 0.3) is 11.1 Å².